The van der Waals surface area contributed by atoms with E-state index in [0.717, 1.165) is 18.2 Å². The molecular formula is C17H20F2N2O3. The molecule has 1 heterocycles. The van der Waals surface area contributed by atoms with Crippen molar-refractivity contribution in [2.24, 2.45) is 17.1 Å². The fraction of sp³-hybridized carbons (Fsp3) is 0.529. The number of benzene rings is 1. The van der Waals surface area contributed by atoms with Crippen LogP contribution in [0.1, 0.15) is 30.7 Å². The molecule has 7 heteroatoms. The zero-order valence-electron chi connectivity index (χ0n) is 13.2. The number of halogens is 2. The van der Waals surface area contributed by atoms with Crippen molar-refractivity contribution in [3.05, 3.63) is 35.4 Å². The Morgan fingerprint density at radius 1 is 1.29 bits per heavy atom. The molecule has 3 rings (SSSR count). The Labute approximate surface area is 138 Å². The van der Waals surface area contributed by atoms with Crippen molar-refractivity contribution in [1.82, 2.24) is 5.32 Å². The highest BCUT2D eigenvalue weighted by molar-refractivity contribution is 5.85. The average molecular weight is 338 g/mol. The molecule has 2 amide bonds. The molecule has 24 heavy (non-hydrogen) atoms. The molecule has 5 nitrogen and oxygen atoms in total. The van der Waals surface area contributed by atoms with E-state index in [4.69, 9.17) is 10.5 Å². The molecule has 1 aromatic rings. The summed E-state index contributed by atoms with van der Waals surface area (Å²) in [5.74, 6) is -2.45. The summed E-state index contributed by atoms with van der Waals surface area (Å²) < 4.78 is 32.3. The van der Waals surface area contributed by atoms with Crippen LogP contribution in [-0.4, -0.2) is 31.6 Å². The van der Waals surface area contributed by atoms with Gasteiger partial charge in [0, 0.05) is 25.7 Å². The van der Waals surface area contributed by atoms with Gasteiger partial charge in [-0.3, -0.25) is 9.59 Å². The summed E-state index contributed by atoms with van der Waals surface area (Å²) in [4.78, 5) is 24.0. The van der Waals surface area contributed by atoms with Crippen LogP contribution in [0.5, 0.6) is 0 Å². The molecule has 1 aliphatic carbocycles. The number of ether oxygens (including phenoxy) is 1. The van der Waals surface area contributed by atoms with E-state index in [9.17, 15) is 18.4 Å². The van der Waals surface area contributed by atoms with Gasteiger partial charge in [-0.2, -0.15) is 0 Å². The maximum absolute atomic E-state index is 13.8. The smallest absolute Gasteiger partial charge is 0.225 e. The number of carbonyl (C=O) groups is 2. The minimum Gasteiger partial charge on any atom is -0.381 e. The van der Waals surface area contributed by atoms with Gasteiger partial charge in [0.15, 0.2) is 0 Å². The monoisotopic (exact) mass is 338 g/mol. The molecule has 2 fully saturated rings. The van der Waals surface area contributed by atoms with Crippen LogP contribution in [0.25, 0.3) is 0 Å². The first-order valence-electron chi connectivity index (χ1n) is 8.03. The van der Waals surface area contributed by atoms with Crippen LogP contribution in [-0.2, 0) is 14.3 Å². The van der Waals surface area contributed by atoms with Crippen molar-refractivity contribution >= 4 is 11.8 Å². The van der Waals surface area contributed by atoms with Crippen LogP contribution in [0, 0.1) is 23.0 Å². The summed E-state index contributed by atoms with van der Waals surface area (Å²) in [6, 6.07) is 3.26. The Morgan fingerprint density at radius 2 is 2.00 bits per heavy atom. The van der Waals surface area contributed by atoms with Crippen molar-refractivity contribution in [2.45, 2.75) is 25.2 Å². The summed E-state index contributed by atoms with van der Waals surface area (Å²) in [5.41, 5.74) is 4.94. The van der Waals surface area contributed by atoms with Crippen LogP contribution in [0.15, 0.2) is 18.2 Å². The summed E-state index contributed by atoms with van der Waals surface area (Å²) >= 11 is 0. The summed E-state index contributed by atoms with van der Waals surface area (Å²) in [5, 5.41) is 2.76. The lowest BCUT2D eigenvalue weighted by Crippen LogP contribution is -2.49. The standard InChI is InChI=1S/C17H20F2N2O3/c18-10-1-2-14(19)12(7-10)11-8-13(11)15(22)21-9-17(16(20)23)3-5-24-6-4-17/h1-2,7,11,13H,3-6,8-9H2,(H2,20,23)(H,21,22). The fourth-order valence-electron chi connectivity index (χ4n) is 3.29. The molecule has 1 aromatic carbocycles. The minimum absolute atomic E-state index is 0.152. The van der Waals surface area contributed by atoms with Crippen molar-refractivity contribution in [3.63, 3.8) is 0 Å². The van der Waals surface area contributed by atoms with Crippen molar-refractivity contribution in [1.29, 1.82) is 0 Å². The first kappa shape index (κ1) is 16.8. The molecule has 0 aromatic heterocycles. The van der Waals surface area contributed by atoms with Crippen molar-refractivity contribution < 1.29 is 23.1 Å². The molecule has 0 spiro atoms. The molecule has 2 aliphatic rings. The molecule has 130 valence electrons. The van der Waals surface area contributed by atoms with E-state index in [1.54, 1.807) is 0 Å². The molecule has 1 saturated heterocycles. The Kier molecular flexibility index (Phi) is 4.54. The summed E-state index contributed by atoms with van der Waals surface area (Å²) in [6.45, 7) is 1.01. The maximum Gasteiger partial charge on any atom is 0.225 e. The van der Waals surface area contributed by atoms with Crippen LogP contribution >= 0.6 is 0 Å². The predicted octanol–water partition coefficient (Wildman–Crippen LogP) is 1.47. The number of amides is 2. The zero-order chi connectivity index (χ0) is 17.3. The first-order valence-corrected chi connectivity index (χ1v) is 8.03. The predicted molar refractivity (Wildman–Crippen MR) is 81.9 cm³/mol. The normalized spacial score (nSPS) is 25.1. The average Bonchev–Trinajstić information content (AvgIpc) is 3.36. The Morgan fingerprint density at radius 3 is 2.67 bits per heavy atom. The van der Waals surface area contributed by atoms with Gasteiger partial charge in [0.25, 0.3) is 0 Å². The molecule has 3 N–H and O–H groups in total. The van der Waals surface area contributed by atoms with E-state index >= 15 is 0 Å². The van der Waals surface area contributed by atoms with Gasteiger partial charge in [-0.1, -0.05) is 0 Å². The van der Waals surface area contributed by atoms with Gasteiger partial charge in [-0.05, 0) is 48.9 Å². The van der Waals surface area contributed by atoms with Gasteiger partial charge in [-0.25, -0.2) is 8.78 Å². The Balaban J connectivity index is 1.60. The lowest BCUT2D eigenvalue weighted by atomic mass is 9.79. The molecule has 1 aliphatic heterocycles. The Bertz CT molecular complexity index is 659. The van der Waals surface area contributed by atoms with Crippen molar-refractivity contribution in [2.75, 3.05) is 19.8 Å². The van der Waals surface area contributed by atoms with E-state index < -0.39 is 28.9 Å². The second kappa shape index (κ2) is 6.47. The molecule has 0 bridgehead atoms. The number of carbonyl (C=O) groups excluding carboxylic acids is 2. The topological polar surface area (TPSA) is 81.4 Å². The van der Waals surface area contributed by atoms with Crippen LogP contribution in [0.3, 0.4) is 0 Å². The molecule has 0 radical (unpaired) electrons. The second-order valence-electron chi connectivity index (χ2n) is 6.59. The van der Waals surface area contributed by atoms with Crippen molar-refractivity contribution in [3.8, 4) is 0 Å². The molecule has 1 saturated carbocycles. The number of hydrogen-bond donors (Lipinski definition) is 2. The maximum atomic E-state index is 13.8. The van der Waals surface area contributed by atoms with E-state index in [1.807, 2.05) is 0 Å². The van der Waals surface area contributed by atoms with Crippen LogP contribution < -0.4 is 11.1 Å². The summed E-state index contributed by atoms with van der Waals surface area (Å²) in [7, 11) is 0. The number of primary amides is 1. The highest BCUT2D eigenvalue weighted by atomic mass is 19.1. The third kappa shape index (κ3) is 3.26. The van der Waals surface area contributed by atoms with E-state index in [1.165, 1.54) is 0 Å². The Hall–Kier alpha value is -2.02. The van der Waals surface area contributed by atoms with Gasteiger partial charge in [-0.15, -0.1) is 0 Å². The van der Waals surface area contributed by atoms with Gasteiger partial charge >= 0.3 is 0 Å². The largest absolute Gasteiger partial charge is 0.381 e. The number of nitrogens with one attached hydrogen (secondary N) is 1. The quantitative estimate of drug-likeness (QED) is 0.853. The number of hydrogen-bond acceptors (Lipinski definition) is 3. The van der Waals surface area contributed by atoms with Gasteiger partial charge < -0.3 is 15.8 Å². The minimum atomic E-state index is -0.789. The molecule has 2 unspecified atom stereocenters. The first-order chi connectivity index (χ1) is 11.4. The highest BCUT2D eigenvalue weighted by Crippen LogP contribution is 2.48. The lowest BCUT2D eigenvalue weighted by molar-refractivity contribution is -0.134. The summed E-state index contributed by atoms with van der Waals surface area (Å²) in [6.07, 6.45) is 1.41. The SMILES string of the molecule is NC(=O)C1(CNC(=O)C2CC2c2cc(F)ccc2F)CCOCC1. The van der Waals surface area contributed by atoms with Gasteiger partial charge in [0.05, 0.1) is 5.41 Å². The third-order valence-corrected chi connectivity index (χ3v) is 5.06. The highest BCUT2D eigenvalue weighted by Gasteiger charge is 2.46. The van der Waals surface area contributed by atoms with Crippen LogP contribution in [0.4, 0.5) is 8.78 Å². The van der Waals surface area contributed by atoms with E-state index in [0.29, 0.717) is 32.5 Å². The zero-order valence-corrected chi connectivity index (χ0v) is 13.2. The van der Waals surface area contributed by atoms with Gasteiger partial charge in [0.1, 0.15) is 11.6 Å². The molecular weight excluding hydrogens is 318 g/mol. The van der Waals surface area contributed by atoms with Gasteiger partial charge in [0.2, 0.25) is 11.8 Å². The second-order valence-corrected chi connectivity index (χ2v) is 6.59. The fourth-order valence-corrected chi connectivity index (χ4v) is 3.29. The lowest BCUT2D eigenvalue weighted by Gasteiger charge is -2.34. The van der Waals surface area contributed by atoms with Crippen LogP contribution in [0.2, 0.25) is 0 Å². The van der Waals surface area contributed by atoms with E-state index in [-0.39, 0.29) is 23.9 Å². The molecule has 2 atom stereocenters. The number of rotatable bonds is 5. The third-order valence-electron chi connectivity index (χ3n) is 5.06. The van der Waals surface area contributed by atoms with E-state index in [2.05, 4.69) is 5.32 Å². The number of nitrogens with two attached hydrogens (primary N) is 1.